The van der Waals surface area contributed by atoms with E-state index >= 15 is 0 Å². The average molecular weight is 442 g/mol. The maximum Gasteiger partial charge on any atom is 0.251 e. The Morgan fingerprint density at radius 2 is 1.68 bits per heavy atom. The minimum Gasteiger partial charge on any atom is -0.349 e. The minimum atomic E-state index is -3.45. The zero-order valence-electron chi connectivity index (χ0n) is 18.1. The minimum absolute atomic E-state index is 0.00256. The number of benzene rings is 2. The van der Waals surface area contributed by atoms with Gasteiger partial charge in [0.1, 0.15) is 0 Å². The number of carbonyl (C=O) groups excluding carboxylic acids is 1. The summed E-state index contributed by atoms with van der Waals surface area (Å²) in [6.45, 7) is 4.94. The highest BCUT2D eigenvalue weighted by Crippen LogP contribution is 2.20. The summed E-state index contributed by atoms with van der Waals surface area (Å²) in [5.41, 5.74) is 2.82. The summed E-state index contributed by atoms with van der Waals surface area (Å²) in [7, 11) is -3.45. The summed E-state index contributed by atoms with van der Waals surface area (Å²) in [5.74, 6) is 0.00256. The smallest absolute Gasteiger partial charge is 0.251 e. The maximum absolute atomic E-state index is 12.9. The molecule has 0 bridgehead atoms. The molecule has 2 aliphatic rings. The van der Waals surface area contributed by atoms with Gasteiger partial charge in [-0.1, -0.05) is 42.7 Å². The number of carbonyl (C=O) groups is 1. The zero-order chi connectivity index (χ0) is 21.8. The molecule has 1 aliphatic carbocycles. The molecular weight excluding hydrogens is 410 g/mol. The molecule has 31 heavy (non-hydrogen) atoms. The van der Waals surface area contributed by atoms with Crippen molar-refractivity contribution >= 4 is 15.9 Å². The lowest BCUT2D eigenvalue weighted by Crippen LogP contribution is -2.48. The Labute approximate surface area is 185 Å². The number of nitrogens with zero attached hydrogens (tertiary/aromatic N) is 2. The van der Waals surface area contributed by atoms with Gasteiger partial charge in [0.05, 0.1) is 4.90 Å². The van der Waals surface area contributed by atoms with Gasteiger partial charge in [-0.2, -0.15) is 4.31 Å². The van der Waals surface area contributed by atoms with Crippen molar-refractivity contribution in [1.29, 1.82) is 0 Å². The van der Waals surface area contributed by atoms with Crippen molar-refractivity contribution in [3.8, 4) is 0 Å². The van der Waals surface area contributed by atoms with Crippen LogP contribution >= 0.6 is 0 Å². The van der Waals surface area contributed by atoms with E-state index in [1.165, 1.54) is 12.8 Å². The summed E-state index contributed by atoms with van der Waals surface area (Å²) in [4.78, 5) is 15.2. The molecule has 1 aliphatic heterocycles. The molecule has 1 amide bonds. The Morgan fingerprint density at radius 3 is 2.35 bits per heavy atom. The van der Waals surface area contributed by atoms with Crippen LogP contribution in [0.5, 0.6) is 0 Å². The topological polar surface area (TPSA) is 69.7 Å². The summed E-state index contributed by atoms with van der Waals surface area (Å²) >= 11 is 0. The highest BCUT2D eigenvalue weighted by Gasteiger charge is 2.28. The van der Waals surface area contributed by atoms with Crippen LogP contribution in [0, 0.1) is 6.92 Å². The number of amides is 1. The first kappa shape index (κ1) is 22.0. The monoisotopic (exact) mass is 441 g/mol. The maximum atomic E-state index is 12.9. The van der Waals surface area contributed by atoms with Crippen LogP contribution in [0.2, 0.25) is 0 Å². The molecule has 1 saturated heterocycles. The Morgan fingerprint density at radius 1 is 1.00 bits per heavy atom. The van der Waals surface area contributed by atoms with E-state index in [-0.39, 0.29) is 5.91 Å². The molecule has 0 radical (unpaired) electrons. The molecule has 7 heteroatoms. The molecule has 2 aromatic carbocycles. The standard InChI is InChI=1S/C24H31N3O3S/c1-19-9-11-23(12-10-19)31(29,30)27-15-13-26(14-16-27)18-20-5-4-6-21(17-20)24(28)25-22-7-2-3-8-22/h4-6,9-12,17,22H,2-3,7-8,13-16,18H2,1H3,(H,25,28). The summed E-state index contributed by atoms with van der Waals surface area (Å²) in [6, 6.07) is 15.1. The lowest BCUT2D eigenvalue weighted by atomic mass is 10.1. The summed E-state index contributed by atoms with van der Waals surface area (Å²) in [5, 5.41) is 3.14. The molecule has 166 valence electrons. The zero-order valence-corrected chi connectivity index (χ0v) is 18.9. The molecule has 2 aromatic rings. The van der Waals surface area contributed by atoms with Crippen LogP contribution in [0.25, 0.3) is 0 Å². The van der Waals surface area contributed by atoms with Crippen molar-refractivity contribution in [3.63, 3.8) is 0 Å². The van der Waals surface area contributed by atoms with Crippen LogP contribution in [0.3, 0.4) is 0 Å². The normalized spacial score (nSPS) is 18.9. The predicted octanol–water partition coefficient (Wildman–Crippen LogP) is 3.17. The van der Waals surface area contributed by atoms with Gasteiger partial charge >= 0.3 is 0 Å². The van der Waals surface area contributed by atoms with E-state index in [0.717, 1.165) is 24.0 Å². The Bertz CT molecular complexity index is 1010. The highest BCUT2D eigenvalue weighted by atomic mass is 32.2. The van der Waals surface area contributed by atoms with Crippen molar-refractivity contribution in [2.45, 2.75) is 50.1 Å². The Kier molecular flexibility index (Phi) is 6.74. The predicted molar refractivity (Wildman–Crippen MR) is 121 cm³/mol. The molecule has 0 spiro atoms. The number of aryl methyl sites for hydroxylation is 1. The van der Waals surface area contributed by atoms with Crippen LogP contribution in [0.4, 0.5) is 0 Å². The average Bonchev–Trinajstić information content (AvgIpc) is 3.28. The number of hydrogen-bond acceptors (Lipinski definition) is 4. The number of hydrogen-bond donors (Lipinski definition) is 1. The van der Waals surface area contributed by atoms with Crippen molar-refractivity contribution in [2.75, 3.05) is 26.2 Å². The highest BCUT2D eigenvalue weighted by molar-refractivity contribution is 7.89. The van der Waals surface area contributed by atoms with Gasteiger partial charge in [0.25, 0.3) is 5.91 Å². The van der Waals surface area contributed by atoms with E-state index < -0.39 is 10.0 Å². The van der Waals surface area contributed by atoms with Crippen LogP contribution < -0.4 is 5.32 Å². The van der Waals surface area contributed by atoms with Crippen molar-refractivity contribution in [2.24, 2.45) is 0 Å². The first-order chi connectivity index (χ1) is 14.9. The molecule has 1 N–H and O–H groups in total. The van der Waals surface area contributed by atoms with Gasteiger partial charge < -0.3 is 5.32 Å². The number of rotatable bonds is 6. The molecule has 6 nitrogen and oxygen atoms in total. The van der Waals surface area contributed by atoms with E-state index in [0.29, 0.717) is 49.2 Å². The van der Waals surface area contributed by atoms with E-state index in [9.17, 15) is 13.2 Å². The Balaban J connectivity index is 1.33. The van der Waals surface area contributed by atoms with E-state index in [4.69, 9.17) is 0 Å². The molecule has 0 unspecified atom stereocenters. The number of piperazine rings is 1. The SMILES string of the molecule is Cc1ccc(S(=O)(=O)N2CCN(Cc3cccc(C(=O)NC4CCCC4)c3)CC2)cc1. The first-order valence-electron chi connectivity index (χ1n) is 11.1. The van der Waals surface area contributed by atoms with Gasteiger partial charge in [-0.25, -0.2) is 8.42 Å². The van der Waals surface area contributed by atoms with Gasteiger partial charge in [-0.05, 0) is 49.6 Å². The summed E-state index contributed by atoms with van der Waals surface area (Å²) in [6.07, 6.45) is 4.52. The van der Waals surface area contributed by atoms with Gasteiger partial charge in [0, 0.05) is 44.3 Å². The lowest BCUT2D eigenvalue weighted by molar-refractivity contribution is 0.0937. The largest absolute Gasteiger partial charge is 0.349 e. The van der Waals surface area contributed by atoms with E-state index in [1.54, 1.807) is 16.4 Å². The van der Waals surface area contributed by atoms with Gasteiger partial charge in [0.15, 0.2) is 0 Å². The van der Waals surface area contributed by atoms with Crippen molar-refractivity contribution in [3.05, 3.63) is 65.2 Å². The van der Waals surface area contributed by atoms with Crippen LogP contribution in [-0.4, -0.2) is 55.8 Å². The fraction of sp³-hybridized carbons (Fsp3) is 0.458. The molecule has 2 fully saturated rings. The molecular formula is C24H31N3O3S. The molecule has 1 saturated carbocycles. The second-order valence-corrected chi connectivity index (χ2v) is 10.6. The van der Waals surface area contributed by atoms with E-state index in [2.05, 4.69) is 10.2 Å². The fourth-order valence-corrected chi connectivity index (χ4v) is 5.82. The van der Waals surface area contributed by atoms with Gasteiger partial charge in [-0.15, -0.1) is 0 Å². The molecule has 0 atom stereocenters. The third-order valence-corrected chi connectivity index (χ3v) is 8.19. The number of nitrogens with one attached hydrogen (secondary N) is 1. The molecule has 0 aromatic heterocycles. The third-order valence-electron chi connectivity index (χ3n) is 6.28. The Hall–Kier alpha value is -2.22. The van der Waals surface area contributed by atoms with Crippen molar-refractivity contribution < 1.29 is 13.2 Å². The third kappa shape index (κ3) is 5.34. The molecule has 4 rings (SSSR count). The van der Waals surface area contributed by atoms with Crippen LogP contribution in [-0.2, 0) is 16.6 Å². The second-order valence-electron chi connectivity index (χ2n) is 8.65. The van der Waals surface area contributed by atoms with E-state index in [1.807, 2.05) is 43.3 Å². The van der Waals surface area contributed by atoms with Gasteiger partial charge in [0.2, 0.25) is 10.0 Å². The number of sulfonamides is 1. The fourth-order valence-electron chi connectivity index (χ4n) is 4.40. The summed E-state index contributed by atoms with van der Waals surface area (Å²) < 4.78 is 27.3. The second kappa shape index (κ2) is 9.51. The van der Waals surface area contributed by atoms with Crippen LogP contribution in [0.15, 0.2) is 53.4 Å². The first-order valence-corrected chi connectivity index (χ1v) is 12.5. The van der Waals surface area contributed by atoms with Gasteiger partial charge in [-0.3, -0.25) is 9.69 Å². The van der Waals surface area contributed by atoms with Crippen LogP contribution in [0.1, 0.15) is 47.2 Å². The lowest BCUT2D eigenvalue weighted by Gasteiger charge is -2.34. The quantitative estimate of drug-likeness (QED) is 0.748. The van der Waals surface area contributed by atoms with Crippen molar-refractivity contribution in [1.82, 2.24) is 14.5 Å². The molecule has 1 heterocycles.